The third-order valence-electron chi connectivity index (χ3n) is 5.58. The number of amides is 1. The Labute approximate surface area is 184 Å². The molecule has 0 aliphatic heterocycles. The summed E-state index contributed by atoms with van der Waals surface area (Å²) in [6.45, 7) is 4.69. The first-order chi connectivity index (χ1) is 15.5. The molecule has 0 saturated carbocycles. The highest BCUT2D eigenvalue weighted by Crippen LogP contribution is 2.23. The molecule has 0 spiro atoms. The Morgan fingerprint density at radius 2 is 1.94 bits per heavy atom. The van der Waals surface area contributed by atoms with E-state index in [1.165, 1.54) is 11.1 Å². The zero-order chi connectivity index (χ0) is 22.2. The monoisotopic (exact) mass is 426 g/mol. The summed E-state index contributed by atoms with van der Waals surface area (Å²) in [4.78, 5) is 17.2. The van der Waals surface area contributed by atoms with E-state index in [-0.39, 0.29) is 11.6 Å². The molecule has 5 rings (SSSR count). The van der Waals surface area contributed by atoms with Crippen LogP contribution in [0.15, 0.2) is 61.1 Å². The van der Waals surface area contributed by atoms with Gasteiger partial charge in [-0.3, -0.25) is 14.2 Å². The molecular formula is C23H22N8O. The van der Waals surface area contributed by atoms with Crippen LogP contribution in [-0.2, 0) is 13.6 Å². The van der Waals surface area contributed by atoms with Gasteiger partial charge in [0.15, 0.2) is 17.2 Å². The predicted molar refractivity (Wildman–Crippen MR) is 120 cm³/mol. The van der Waals surface area contributed by atoms with E-state index in [1.54, 1.807) is 38.4 Å². The number of nitrogens with zero attached hydrogens (tertiary/aromatic N) is 7. The molecule has 0 aliphatic rings. The highest BCUT2D eigenvalue weighted by molar-refractivity contribution is 6.03. The van der Waals surface area contributed by atoms with Gasteiger partial charge in [0.1, 0.15) is 0 Å². The van der Waals surface area contributed by atoms with Gasteiger partial charge in [0.05, 0.1) is 18.4 Å². The Morgan fingerprint density at radius 3 is 2.72 bits per heavy atom. The second-order valence-electron chi connectivity index (χ2n) is 7.68. The molecule has 1 aromatic carbocycles. The van der Waals surface area contributed by atoms with Gasteiger partial charge in [0, 0.05) is 42.8 Å². The first-order valence-corrected chi connectivity index (χ1v) is 10.2. The molecule has 9 heteroatoms. The number of fused-ring (bicyclic) bond motifs is 1. The molecular weight excluding hydrogens is 404 g/mol. The third-order valence-corrected chi connectivity index (χ3v) is 5.58. The molecule has 0 unspecified atom stereocenters. The van der Waals surface area contributed by atoms with Gasteiger partial charge >= 0.3 is 0 Å². The van der Waals surface area contributed by atoms with Crippen molar-refractivity contribution in [3.63, 3.8) is 0 Å². The van der Waals surface area contributed by atoms with Crippen molar-refractivity contribution >= 4 is 17.4 Å². The highest BCUT2D eigenvalue weighted by Gasteiger charge is 2.17. The average Bonchev–Trinajstić information content (AvgIpc) is 3.49. The number of aryl methyl sites for hydroxylation is 2. The van der Waals surface area contributed by atoms with Crippen molar-refractivity contribution in [3.05, 3.63) is 83.6 Å². The lowest BCUT2D eigenvalue weighted by atomic mass is 10.1. The normalized spacial score (nSPS) is 11.2. The minimum atomic E-state index is -0.342. The van der Waals surface area contributed by atoms with Crippen LogP contribution in [0.2, 0.25) is 0 Å². The Hall–Kier alpha value is -4.27. The van der Waals surface area contributed by atoms with Crippen LogP contribution >= 0.6 is 0 Å². The highest BCUT2D eigenvalue weighted by atomic mass is 16.2. The first kappa shape index (κ1) is 19.7. The van der Waals surface area contributed by atoms with Crippen molar-refractivity contribution in [2.75, 3.05) is 5.32 Å². The summed E-state index contributed by atoms with van der Waals surface area (Å²) in [6, 6.07) is 13.5. The van der Waals surface area contributed by atoms with Crippen molar-refractivity contribution in [2.45, 2.75) is 20.4 Å². The van der Waals surface area contributed by atoms with Crippen molar-refractivity contribution in [1.29, 1.82) is 0 Å². The Bertz CT molecular complexity index is 1440. The minimum Gasteiger partial charge on any atom is -0.304 e. The van der Waals surface area contributed by atoms with E-state index in [9.17, 15) is 4.79 Å². The number of benzene rings is 1. The van der Waals surface area contributed by atoms with Crippen molar-refractivity contribution in [1.82, 2.24) is 34.2 Å². The van der Waals surface area contributed by atoms with Crippen molar-refractivity contribution in [2.24, 2.45) is 7.05 Å². The summed E-state index contributed by atoms with van der Waals surface area (Å²) in [5.74, 6) is 0.127. The lowest BCUT2D eigenvalue weighted by Crippen LogP contribution is -2.14. The molecule has 0 fully saturated rings. The summed E-state index contributed by atoms with van der Waals surface area (Å²) in [5.41, 5.74) is 5.98. The zero-order valence-corrected chi connectivity index (χ0v) is 18.0. The van der Waals surface area contributed by atoms with E-state index >= 15 is 0 Å². The van der Waals surface area contributed by atoms with Crippen molar-refractivity contribution in [3.8, 4) is 11.3 Å². The molecule has 160 valence electrons. The number of nitrogens with one attached hydrogen (secondary N) is 1. The Balaban J connectivity index is 1.38. The number of anilines is 1. The van der Waals surface area contributed by atoms with Crippen LogP contribution in [0.4, 0.5) is 5.82 Å². The van der Waals surface area contributed by atoms with E-state index in [2.05, 4.69) is 44.7 Å². The van der Waals surface area contributed by atoms with Crippen LogP contribution in [0.1, 0.15) is 27.3 Å². The van der Waals surface area contributed by atoms with Gasteiger partial charge in [-0.05, 0) is 31.0 Å². The second-order valence-corrected chi connectivity index (χ2v) is 7.68. The molecule has 0 aliphatic carbocycles. The maximum atomic E-state index is 12.8. The zero-order valence-electron chi connectivity index (χ0n) is 18.0. The molecule has 1 amide bonds. The fraction of sp³-hybridized carbons (Fsp3) is 0.174. The maximum Gasteiger partial charge on any atom is 0.277 e. The largest absolute Gasteiger partial charge is 0.304 e. The van der Waals surface area contributed by atoms with Crippen LogP contribution in [0.25, 0.3) is 16.9 Å². The van der Waals surface area contributed by atoms with Crippen molar-refractivity contribution < 1.29 is 4.79 Å². The number of rotatable bonds is 5. The fourth-order valence-corrected chi connectivity index (χ4v) is 3.62. The van der Waals surface area contributed by atoms with E-state index in [0.717, 1.165) is 17.0 Å². The summed E-state index contributed by atoms with van der Waals surface area (Å²) in [7, 11) is 1.89. The number of hydrogen-bond acceptors (Lipinski definition) is 5. The Kier molecular flexibility index (Phi) is 4.78. The maximum absolute atomic E-state index is 12.8. The van der Waals surface area contributed by atoms with Crippen LogP contribution in [-0.4, -0.2) is 40.1 Å². The number of aromatic nitrogens is 7. The molecule has 0 bridgehead atoms. The SMILES string of the molecule is Cc1ccccc1Cn1ccc(NC(=O)c2cc3nccc(-c4cnn(C)c4C)n3n2)n1. The summed E-state index contributed by atoms with van der Waals surface area (Å²) in [5, 5.41) is 16.1. The molecule has 4 aromatic heterocycles. The van der Waals surface area contributed by atoms with Gasteiger partial charge in [-0.15, -0.1) is 0 Å². The predicted octanol–water partition coefficient (Wildman–Crippen LogP) is 3.24. The lowest BCUT2D eigenvalue weighted by Gasteiger charge is -2.05. The van der Waals surface area contributed by atoms with Crippen LogP contribution in [0, 0.1) is 13.8 Å². The van der Waals surface area contributed by atoms with Crippen LogP contribution in [0.3, 0.4) is 0 Å². The summed E-state index contributed by atoms with van der Waals surface area (Å²) < 4.78 is 5.26. The van der Waals surface area contributed by atoms with Crippen LogP contribution in [0.5, 0.6) is 0 Å². The van der Waals surface area contributed by atoms with Gasteiger partial charge in [0.2, 0.25) is 0 Å². The smallest absolute Gasteiger partial charge is 0.277 e. The Morgan fingerprint density at radius 1 is 1.09 bits per heavy atom. The minimum absolute atomic E-state index is 0.264. The van der Waals surface area contributed by atoms with Gasteiger partial charge < -0.3 is 5.32 Å². The fourth-order valence-electron chi connectivity index (χ4n) is 3.62. The molecule has 5 aromatic rings. The first-order valence-electron chi connectivity index (χ1n) is 10.2. The van der Waals surface area contributed by atoms with Gasteiger partial charge in [-0.25, -0.2) is 9.50 Å². The average molecular weight is 426 g/mol. The molecule has 4 heterocycles. The van der Waals surface area contributed by atoms with E-state index < -0.39 is 0 Å². The third kappa shape index (κ3) is 3.53. The summed E-state index contributed by atoms with van der Waals surface area (Å²) >= 11 is 0. The number of carbonyl (C=O) groups excluding carboxylic acids is 1. The van der Waals surface area contributed by atoms with E-state index in [4.69, 9.17) is 0 Å². The number of carbonyl (C=O) groups is 1. The number of hydrogen-bond donors (Lipinski definition) is 1. The van der Waals surface area contributed by atoms with E-state index in [1.807, 2.05) is 38.4 Å². The molecule has 0 atom stereocenters. The van der Waals surface area contributed by atoms with Gasteiger partial charge in [-0.2, -0.15) is 15.3 Å². The molecule has 32 heavy (non-hydrogen) atoms. The molecule has 9 nitrogen and oxygen atoms in total. The molecule has 0 saturated heterocycles. The lowest BCUT2D eigenvalue weighted by molar-refractivity contribution is 0.102. The molecule has 0 radical (unpaired) electrons. The molecule has 1 N–H and O–H groups in total. The standard InChI is InChI=1S/C23H22N8O/c1-15-6-4-5-7-17(15)14-30-11-9-21(28-30)26-23(32)19-12-22-24-10-8-20(31(22)27-19)18-13-25-29(3)16(18)2/h4-13H,14H2,1-3H3,(H,26,28,32). The second kappa shape index (κ2) is 7.77. The quantitative estimate of drug-likeness (QED) is 0.466. The summed E-state index contributed by atoms with van der Waals surface area (Å²) in [6.07, 6.45) is 5.33. The van der Waals surface area contributed by atoms with E-state index in [0.29, 0.717) is 18.0 Å². The van der Waals surface area contributed by atoms with Gasteiger partial charge in [-0.1, -0.05) is 24.3 Å². The van der Waals surface area contributed by atoms with Gasteiger partial charge in [0.25, 0.3) is 5.91 Å². The topological polar surface area (TPSA) is 94.9 Å². The van der Waals surface area contributed by atoms with Crippen LogP contribution < -0.4 is 5.32 Å².